The van der Waals surface area contributed by atoms with Gasteiger partial charge in [-0.25, -0.2) is 0 Å². The summed E-state index contributed by atoms with van der Waals surface area (Å²) in [5.41, 5.74) is 4.11. The molecule has 0 saturated carbocycles. The minimum absolute atomic E-state index is 1.07. The Hall–Kier alpha value is -1.07. The van der Waals surface area contributed by atoms with Gasteiger partial charge in [0.15, 0.2) is 0 Å². The molecule has 0 aliphatic carbocycles. The number of allylic oxidation sites excluding steroid dienone is 3. The number of unbranched alkanes of at least 4 members (excludes halogenated alkanes) is 2. The zero-order valence-electron chi connectivity index (χ0n) is 8.71. The Bertz CT molecular complexity index is 217. The van der Waals surface area contributed by atoms with Crippen LogP contribution in [0.15, 0.2) is 35.0 Å². The van der Waals surface area contributed by atoms with Crippen molar-refractivity contribution < 1.29 is 0 Å². The van der Waals surface area contributed by atoms with Crippen LogP contribution in [0.25, 0.3) is 0 Å². The highest BCUT2D eigenvalue weighted by Gasteiger charge is 1.90. The highest BCUT2D eigenvalue weighted by Crippen LogP contribution is 2.08. The topological polar surface area (TPSA) is 12.4 Å². The number of rotatable bonds is 6. The van der Waals surface area contributed by atoms with E-state index in [1.165, 1.54) is 24.8 Å². The molecule has 0 bridgehead atoms. The fourth-order valence-corrected chi connectivity index (χ4v) is 1.04. The summed E-state index contributed by atoms with van der Waals surface area (Å²) in [5.74, 6) is 0. The van der Waals surface area contributed by atoms with Crippen LogP contribution in [0.1, 0.15) is 32.6 Å². The molecule has 0 aliphatic heterocycles. The summed E-state index contributed by atoms with van der Waals surface area (Å²) in [6.45, 7) is 5.87. The summed E-state index contributed by atoms with van der Waals surface area (Å²) >= 11 is 0. The lowest BCUT2D eigenvalue weighted by Crippen LogP contribution is -1.79. The molecule has 0 aliphatic rings. The standard InChI is InChI=1S/C12H19N/c1-4-6-7-9-12(5-2)10-8-11-13-3/h8,10-11H,2,4,6-7,9H2,1,3H3/b10-8-,13-11?. The Morgan fingerprint density at radius 2 is 2.23 bits per heavy atom. The van der Waals surface area contributed by atoms with Crippen LogP contribution in [-0.2, 0) is 0 Å². The second-order valence-electron chi connectivity index (χ2n) is 2.93. The summed E-state index contributed by atoms with van der Waals surface area (Å²) < 4.78 is 0. The lowest BCUT2D eigenvalue weighted by Gasteiger charge is -1.96. The normalized spacial score (nSPS) is 10.9. The van der Waals surface area contributed by atoms with Gasteiger partial charge in [-0.05, 0) is 30.6 Å². The third-order valence-corrected chi connectivity index (χ3v) is 1.81. The van der Waals surface area contributed by atoms with Gasteiger partial charge in [0.25, 0.3) is 0 Å². The predicted octanol–water partition coefficient (Wildman–Crippen LogP) is 3.53. The van der Waals surface area contributed by atoms with E-state index in [-0.39, 0.29) is 0 Å². The molecule has 0 saturated heterocycles. The number of hydrogen-bond acceptors (Lipinski definition) is 1. The van der Waals surface area contributed by atoms with E-state index in [9.17, 15) is 0 Å². The SMILES string of the molecule is C=C=C(/C=C\C=NC)CCCCC. The Kier molecular flexibility index (Phi) is 8.28. The van der Waals surface area contributed by atoms with Gasteiger partial charge in [0.05, 0.1) is 0 Å². The molecule has 0 amide bonds. The fourth-order valence-electron chi connectivity index (χ4n) is 1.04. The van der Waals surface area contributed by atoms with Crippen LogP contribution in [-0.4, -0.2) is 13.3 Å². The van der Waals surface area contributed by atoms with E-state index in [2.05, 4.69) is 24.2 Å². The van der Waals surface area contributed by atoms with Crippen LogP contribution >= 0.6 is 0 Å². The second-order valence-corrected chi connectivity index (χ2v) is 2.93. The van der Waals surface area contributed by atoms with Gasteiger partial charge in [-0.2, -0.15) is 0 Å². The van der Waals surface area contributed by atoms with Crippen LogP contribution in [0.4, 0.5) is 0 Å². The summed E-state index contributed by atoms with van der Waals surface area (Å²) in [7, 11) is 1.76. The third-order valence-electron chi connectivity index (χ3n) is 1.81. The van der Waals surface area contributed by atoms with E-state index in [0.29, 0.717) is 0 Å². The van der Waals surface area contributed by atoms with E-state index in [1.807, 2.05) is 12.2 Å². The van der Waals surface area contributed by atoms with Gasteiger partial charge in [-0.3, -0.25) is 4.99 Å². The molecule has 0 radical (unpaired) electrons. The maximum Gasteiger partial charge on any atom is 0.0277 e. The van der Waals surface area contributed by atoms with Gasteiger partial charge in [0.1, 0.15) is 0 Å². The molecule has 0 heterocycles. The van der Waals surface area contributed by atoms with Crippen molar-refractivity contribution in [1.82, 2.24) is 0 Å². The molecule has 13 heavy (non-hydrogen) atoms. The average molecular weight is 177 g/mol. The lowest BCUT2D eigenvalue weighted by molar-refractivity contribution is 0.720. The lowest BCUT2D eigenvalue weighted by atomic mass is 10.1. The van der Waals surface area contributed by atoms with Crippen molar-refractivity contribution >= 4 is 6.21 Å². The Morgan fingerprint density at radius 1 is 1.46 bits per heavy atom. The van der Waals surface area contributed by atoms with Crippen LogP contribution in [0.5, 0.6) is 0 Å². The first kappa shape index (κ1) is 11.9. The van der Waals surface area contributed by atoms with Crippen LogP contribution in [0.3, 0.4) is 0 Å². The van der Waals surface area contributed by atoms with Gasteiger partial charge < -0.3 is 0 Å². The van der Waals surface area contributed by atoms with Gasteiger partial charge >= 0.3 is 0 Å². The summed E-state index contributed by atoms with van der Waals surface area (Å²) in [6.07, 6.45) is 10.6. The molecule has 0 spiro atoms. The molecule has 0 atom stereocenters. The maximum absolute atomic E-state index is 3.87. The zero-order valence-corrected chi connectivity index (χ0v) is 8.71. The quantitative estimate of drug-likeness (QED) is 0.255. The van der Waals surface area contributed by atoms with Crippen molar-refractivity contribution in [2.45, 2.75) is 32.6 Å². The zero-order chi connectivity index (χ0) is 9.94. The molecule has 0 unspecified atom stereocenters. The Labute approximate surface area is 81.6 Å². The maximum atomic E-state index is 3.87. The van der Waals surface area contributed by atoms with E-state index in [0.717, 1.165) is 6.42 Å². The van der Waals surface area contributed by atoms with E-state index in [1.54, 1.807) is 13.3 Å². The number of aliphatic imine (C=N–C) groups is 1. The van der Waals surface area contributed by atoms with E-state index in [4.69, 9.17) is 0 Å². The number of nitrogens with zero attached hydrogens (tertiary/aromatic N) is 1. The molecule has 0 aromatic rings. The highest BCUT2D eigenvalue weighted by atomic mass is 14.6. The average Bonchev–Trinajstić information content (AvgIpc) is 2.16. The number of hydrogen-bond donors (Lipinski definition) is 0. The first-order valence-electron chi connectivity index (χ1n) is 4.82. The second kappa shape index (κ2) is 9.02. The Balaban J connectivity index is 3.85. The van der Waals surface area contributed by atoms with Crippen LogP contribution in [0, 0.1) is 0 Å². The molecule has 1 heteroatoms. The molecule has 0 fully saturated rings. The Morgan fingerprint density at radius 3 is 2.77 bits per heavy atom. The first-order valence-corrected chi connectivity index (χ1v) is 4.82. The molecule has 72 valence electrons. The molecular formula is C12H19N. The minimum atomic E-state index is 1.07. The monoisotopic (exact) mass is 177 g/mol. The van der Waals surface area contributed by atoms with Crippen molar-refractivity contribution in [2.24, 2.45) is 4.99 Å². The predicted molar refractivity (Wildman–Crippen MR) is 60.4 cm³/mol. The smallest absolute Gasteiger partial charge is 0.0277 e. The van der Waals surface area contributed by atoms with Crippen LogP contribution in [0.2, 0.25) is 0 Å². The van der Waals surface area contributed by atoms with Crippen molar-refractivity contribution in [1.29, 1.82) is 0 Å². The largest absolute Gasteiger partial charge is 0.297 e. The van der Waals surface area contributed by atoms with Gasteiger partial charge in [0, 0.05) is 13.3 Å². The van der Waals surface area contributed by atoms with Gasteiger partial charge in [-0.1, -0.05) is 26.3 Å². The molecule has 0 aromatic carbocycles. The van der Waals surface area contributed by atoms with E-state index >= 15 is 0 Å². The van der Waals surface area contributed by atoms with Crippen molar-refractivity contribution in [3.63, 3.8) is 0 Å². The summed E-state index contributed by atoms with van der Waals surface area (Å²) in [4.78, 5) is 3.87. The van der Waals surface area contributed by atoms with Crippen molar-refractivity contribution in [2.75, 3.05) is 7.05 Å². The first-order chi connectivity index (χ1) is 6.35. The van der Waals surface area contributed by atoms with Gasteiger partial charge in [0.2, 0.25) is 0 Å². The van der Waals surface area contributed by atoms with Crippen molar-refractivity contribution in [3.05, 3.63) is 30.0 Å². The molecule has 1 nitrogen and oxygen atoms in total. The highest BCUT2D eigenvalue weighted by molar-refractivity contribution is 5.71. The van der Waals surface area contributed by atoms with Gasteiger partial charge in [-0.15, -0.1) is 5.73 Å². The van der Waals surface area contributed by atoms with Crippen molar-refractivity contribution in [3.8, 4) is 0 Å². The molecule has 0 rings (SSSR count). The molecular weight excluding hydrogens is 158 g/mol. The summed E-state index contributed by atoms with van der Waals surface area (Å²) in [5, 5.41) is 0. The summed E-state index contributed by atoms with van der Waals surface area (Å²) in [6, 6.07) is 0. The molecule has 0 aromatic heterocycles. The van der Waals surface area contributed by atoms with Crippen LogP contribution < -0.4 is 0 Å². The third kappa shape index (κ3) is 7.30. The minimum Gasteiger partial charge on any atom is -0.297 e. The van der Waals surface area contributed by atoms with E-state index < -0.39 is 0 Å². The fraction of sp³-hybridized carbons (Fsp3) is 0.500. The molecule has 0 N–H and O–H groups in total.